The van der Waals surface area contributed by atoms with E-state index in [1.54, 1.807) is 0 Å². The predicted octanol–water partition coefficient (Wildman–Crippen LogP) is 2.46. The van der Waals surface area contributed by atoms with Gasteiger partial charge in [0.05, 0.1) is 0 Å². The van der Waals surface area contributed by atoms with Crippen LogP contribution in [-0.2, 0) is 25.7 Å². The SMILES string of the molecule is CC(C)C[C@H](NC(=O)[C@@H]1O[C@H]1C(=O)NCc1ccccc1)C(=O)N1CCN(C/C=C/c2ccccc2)CC1. The van der Waals surface area contributed by atoms with E-state index in [1.807, 2.05) is 67.3 Å². The third kappa shape index (κ3) is 8.00. The average molecular weight is 519 g/mol. The Hall–Kier alpha value is -3.49. The van der Waals surface area contributed by atoms with E-state index < -0.39 is 24.2 Å². The topological polar surface area (TPSA) is 94.3 Å². The molecule has 38 heavy (non-hydrogen) atoms. The molecule has 4 rings (SSSR count). The molecule has 2 aromatic carbocycles. The number of epoxide rings is 1. The van der Waals surface area contributed by atoms with Crippen LogP contribution in [0.4, 0.5) is 0 Å². The van der Waals surface area contributed by atoms with Crippen LogP contribution in [0.2, 0.25) is 0 Å². The molecule has 3 amide bonds. The van der Waals surface area contributed by atoms with Gasteiger partial charge in [-0.2, -0.15) is 0 Å². The highest BCUT2D eigenvalue weighted by atomic mass is 16.6. The number of carbonyl (C=O) groups is 3. The summed E-state index contributed by atoms with van der Waals surface area (Å²) in [4.78, 5) is 42.8. The molecule has 0 radical (unpaired) electrons. The standard InChI is InChI=1S/C30H38N4O4/c1-22(2)20-25(32-29(36)27-26(38-27)28(35)31-21-24-12-7-4-8-13-24)30(37)34-18-16-33(17-19-34)15-9-14-23-10-5-3-6-11-23/h3-14,22,25-27H,15-21H2,1-2H3,(H,31,35)(H,32,36)/b14-9+/t25-,26+,27+/m0/s1. The molecule has 2 heterocycles. The Morgan fingerprint density at radius 2 is 1.55 bits per heavy atom. The molecule has 2 saturated heterocycles. The fourth-order valence-corrected chi connectivity index (χ4v) is 4.62. The lowest BCUT2D eigenvalue weighted by Gasteiger charge is -2.36. The molecule has 2 aromatic rings. The normalized spacial score (nSPS) is 20.3. The molecule has 0 aromatic heterocycles. The minimum absolute atomic E-state index is 0.0720. The second-order valence-electron chi connectivity index (χ2n) is 10.3. The second-order valence-corrected chi connectivity index (χ2v) is 10.3. The maximum atomic E-state index is 13.4. The van der Waals surface area contributed by atoms with Crippen LogP contribution in [0.25, 0.3) is 6.08 Å². The van der Waals surface area contributed by atoms with E-state index in [2.05, 4.69) is 39.8 Å². The largest absolute Gasteiger partial charge is 0.350 e. The number of piperazine rings is 1. The van der Waals surface area contributed by atoms with Gasteiger partial charge in [0.25, 0.3) is 11.8 Å². The van der Waals surface area contributed by atoms with Gasteiger partial charge < -0.3 is 20.3 Å². The van der Waals surface area contributed by atoms with Crippen molar-refractivity contribution in [3.63, 3.8) is 0 Å². The maximum Gasteiger partial charge on any atom is 0.253 e. The molecule has 0 aliphatic carbocycles. The van der Waals surface area contributed by atoms with E-state index in [0.717, 1.165) is 25.2 Å². The molecule has 2 aliphatic heterocycles. The summed E-state index contributed by atoms with van der Waals surface area (Å²) in [5.74, 6) is -0.581. The van der Waals surface area contributed by atoms with Gasteiger partial charge in [0.15, 0.2) is 12.2 Å². The molecule has 8 heteroatoms. The Morgan fingerprint density at radius 1 is 0.921 bits per heavy atom. The van der Waals surface area contributed by atoms with Gasteiger partial charge in [-0.1, -0.05) is 86.7 Å². The van der Waals surface area contributed by atoms with Crippen molar-refractivity contribution in [3.8, 4) is 0 Å². The highest BCUT2D eigenvalue weighted by Gasteiger charge is 2.51. The van der Waals surface area contributed by atoms with Gasteiger partial charge in [-0.25, -0.2) is 0 Å². The molecule has 202 valence electrons. The van der Waals surface area contributed by atoms with Crippen molar-refractivity contribution in [3.05, 3.63) is 77.9 Å². The Labute approximate surface area is 225 Å². The van der Waals surface area contributed by atoms with Crippen molar-refractivity contribution < 1.29 is 19.1 Å². The molecule has 0 saturated carbocycles. The lowest BCUT2D eigenvalue weighted by atomic mass is 10.0. The Morgan fingerprint density at radius 3 is 2.21 bits per heavy atom. The first kappa shape index (κ1) is 27.5. The summed E-state index contributed by atoms with van der Waals surface area (Å²) in [5.41, 5.74) is 2.14. The van der Waals surface area contributed by atoms with E-state index in [9.17, 15) is 14.4 Å². The van der Waals surface area contributed by atoms with Gasteiger partial charge in [0, 0.05) is 39.3 Å². The number of carbonyl (C=O) groups excluding carboxylic acids is 3. The predicted molar refractivity (Wildman–Crippen MR) is 147 cm³/mol. The summed E-state index contributed by atoms with van der Waals surface area (Å²) in [6.45, 7) is 8.05. The molecular weight excluding hydrogens is 480 g/mol. The van der Waals surface area contributed by atoms with Gasteiger partial charge in [-0.3, -0.25) is 19.3 Å². The van der Waals surface area contributed by atoms with Crippen LogP contribution in [0.1, 0.15) is 31.4 Å². The summed E-state index contributed by atoms with van der Waals surface area (Å²) < 4.78 is 5.38. The minimum Gasteiger partial charge on any atom is -0.350 e. The number of nitrogens with one attached hydrogen (secondary N) is 2. The zero-order chi connectivity index (χ0) is 26.9. The highest BCUT2D eigenvalue weighted by molar-refractivity contribution is 5.97. The number of rotatable bonds is 11. The van der Waals surface area contributed by atoms with Gasteiger partial charge in [-0.15, -0.1) is 0 Å². The van der Waals surface area contributed by atoms with Gasteiger partial charge in [0.1, 0.15) is 6.04 Å². The molecule has 0 unspecified atom stereocenters. The third-order valence-corrected chi connectivity index (χ3v) is 6.80. The number of benzene rings is 2. The van der Waals surface area contributed by atoms with Crippen molar-refractivity contribution >= 4 is 23.8 Å². The van der Waals surface area contributed by atoms with Crippen molar-refractivity contribution in [1.29, 1.82) is 0 Å². The number of hydrogen-bond acceptors (Lipinski definition) is 5. The summed E-state index contributed by atoms with van der Waals surface area (Å²) in [5, 5.41) is 5.67. The Balaban J connectivity index is 1.23. The zero-order valence-corrected chi connectivity index (χ0v) is 22.2. The molecule has 3 atom stereocenters. The molecular formula is C30H38N4O4. The van der Waals surface area contributed by atoms with Crippen LogP contribution >= 0.6 is 0 Å². The first-order chi connectivity index (χ1) is 18.4. The van der Waals surface area contributed by atoms with Crippen molar-refractivity contribution in [2.45, 2.75) is 45.1 Å². The van der Waals surface area contributed by atoms with E-state index in [0.29, 0.717) is 26.1 Å². The van der Waals surface area contributed by atoms with Crippen molar-refractivity contribution in [1.82, 2.24) is 20.4 Å². The molecule has 2 N–H and O–H groups in total. The summed E-state index contributed by atoms with van der Waals surface area (Å²) in [6.07, 6.45) is 3.11. The van der Waals surface area contributed by atoms with Crippen LogP contribution in [0.15, 0.2) is 66.7 Å². The van der Waals surface area contributed by atoms with Crippen LogP contribution in [-0.4, -0.2) is 78.5 Å². The van der Waals surface area contributed by atoms with E-state index >= 15 is 0 Å². The fourth-order valence-electron chi connectivity index (χ4n) is 4.62. The monoisotopic (exact) mass is 518 g/mol. The summed E-state index contributed by atoms with van der Waals surface area (Å²) in [6, 6.07) is 19.1. The molecule has 2 fully saturated rings. The average Bonchev–Trinajstić information content (AvgIpc) is 3.74. The number of amides is 3. The van der Waals surface area contributed by atoms with Crippen molar-refractivity contribution in [2.75, 3.05) is 32.7 Å². The maximum absolute atomic E-state index is 13.4. The van der Waals surface area contributed by atoms with E-state index in [-0.39, 0.29) is 17.7 Å². The molecule has 0 spiro atoms. The smallest absolute Gasteiger partial charge is 0.253 e. The van der Waals surface area contributed by atoms with Crippen LogP contribution in [0.5, 0.6) is 0 Å². The fraction of sp³-hybridized carbons (Fsp3) is 0.433. The quantitative estimate of drug-likeness (QED) is 0.446. The van der Waals surface area contributed by atoms with Crippen LogP contribution < -0.4 is 10.6 Å². The highest BCUT2D eigenvalue weighted by Crippen LogP contribution is 2.23. The Bertz CT molecular complexity index is 1100. The number of hydrogen-bond donors (Lipinski definition) is 2. The first-order valence-corrected chi connectivity index (χ1v) is 13.4. The molecule has 0 bridgehead atoms. The molecule has 8 nitrogen and oxygen atoms in total. The molecule has 2 aliphatic rings. The summed E-state index contributed by atoms with van der Waals surface area (Å²) >= 11 is 0. The number of nitrogens with zero attached hydrogens (tertiary/aromatic N) is 2. The zero-order valence-electron chi connectivity index (χ0n) is 22.2. The Kier molecular flexibility index (Phi) is 9.67. The third-order valence-electron chi connectivity index (χ3n) is 6.80. The van der Waals surface area contributed by atoms with E-state index in [4.69, 9.17) is 4.74 Å². The number of ether oxygens (including phenoxy) is 1. The second kappa shape index (κ2) is 13.3. The first-order valence-electron chi connectivity index (χ1n) is 13.4. The van der Waals surface area contributed by atoms with E-state index in [1.165, 1.54) is 5.56 Å². The lowest BCUT2D eigenvalue weighted by Crippen LogP contribution is -2.55. The summed E-state index contributed by atoms with van der Waals surface area (Å²) in [7, 11) is 0. The van der Waals surface area contributed by atoms with Crippen LogP contribution in [0.3, 0.4) is 0 Å². The van der Waals surface area contributed by atoms with Gasteiger partial charge >= 0.3 is 0 Å². The van der Waals surface area contributed by atoms with Crippen LogP contribution in [0, 0.1) is 5.92 Å². The van der Waals surface area contributed by atoms with Crippen molar-refractivity contribution in [2.24, 2.45) is 5.92 Å². The van der Waals surface area contributed by atoms with Gasteiger partial charge in [-0.05, 0) is 23.5 Å². The minimum atomic E-state index is -0.860. The van der Waals surface area contributed by atoms with Gasteiger partial charge in [0.2, 0.25) is 5.91 Å². The lowest BCUT2D eigenvalue weighted by molar-refractivity contribution is -0.138.